The van der Waals surface area contributed by atoms with Gasteiger partial charge in [-0.15, -0.1) is 0 Å². The number of likely N-dealkylation sites (N-methyl/N-ethyl adjacent to an activating group) is 1. The lowest BCUT2D eigenvalue weighted by Crippen LogP contribution is -2.48. The number of carbonyl (C=O) groups excluding carboxylic acids is 1. The summed E-state index contributed by atoms with van der Waals surface area (Å²) in [5.41, 5.74) is 0.359. The fraction of sp³-hybridized carbons (Fsp3) is 0.320. The van der Waals surface area contributed by atoms with E-state index in [1.807, 2.05) is 6.07 Å². The minimum Gasteiger partial charge on any atom is -0.315 e. The topological polar surface area (TPSA) is 108 Å². The minimum absolute atomic E-state index is 0.0441. The molecule has 1 heterocycles. The summed E-state index contributed by atoms with van der Waals surface area (Å²) in [5, 5.41) is 19.5. The van der Waals surface area contributed by atoms with E-state index >= 15 is 0 Å². The molecule has 0 aromatic heterocycles. The van der Waals surface area contributed by atoms with Gasteiger partial charge < -0.3 is 9.45 Å². The maximum atomic E-state index is 13.5. The number of alkyl halides is 3. The first-order valence-electron chi connectivity index (χ1n) is 11.0. The van der Waals surface area contributed by atoms with E-state index in [1.54, 1.807) is 6.07 Å². The van der Waals surface area contributed by atoms with Crippen molar-refractivity contribution in [3.05, 3.63) is 76.0 Å². The zero-order valence-corrected chi connectivity index (χ0v) is 20.2. The average molecular weight is 515 g/mol. The third-order valence-corrected chi connectivity index (χ3v) is 8.19. The molecule has 0 bridgehead atoms. The second kappa shape index (κ2) is 9.08. The fourth-order valence-electron chi connectivity index (χ4n) is 4.85. The van der Waals surface area contributed by atoms with Crippen LogP contribution < -0.4 is 4.90 Å². The molecule has 186 valence electrons. The molecule has 2 aromatic rings. The summed E-state index contributed by atoms with van der Waals surface area (Å²) in [4.78, 5) is 15.8. The molecule has 7 nitrogen and oxygen atoms in total. The fourth-order valence-corrected chi connectivity index (χ4v) is 5.85. The van der Waals surface area contributed by atoms with Gasteiger partial charge in [0.2, 0.25) is 0 Å². The maximum absolute atomic E-state index is 13.5. The number of amides is 2. The van der Waals surface area contributed by atoms with Crippen LogP contribution >= 0.6 is 0 Å². The summed E-state index contributed by atoms with van der Waals surface area (Å²) >= 11 is -2.28. The van der Waals surface area contributed by atoms with E-state index in [1.165, 1.54) is 43.1 Å². The van der Waals surface area contributed by atoms with E-state index in [0.717, 1.165) is 17.0 Å². The molecule has 1 aliphatic heterocycles. The Hall–Kier alpha value is -3.67. The SMILES string of the molecule is CC1=C(C#N)C(c2ccc(C#N)cc2C2(S(=O)O)CCC2)N(C)C(=O)N1c1cccc(C(F)(F)F)c1. The van der Waals surface area contributed by atoms with E-state index in [9.17, 15) is 37.3 Å². The van der Waals surface area contributed by atoms with Crippen molar-refractivity contribution in [1.29, 1.82) is 10.5 Å². The molecular formula is C25H21F3N4O3S. The Labute approximate surface area is 208 Å². The number of benzene rings is 2. The molecule has 0 radical (unpaired) electrons. The third-order valence-electron chi connectivity index (χ3n) is 6.89. The molecule has 0 saturated heterocycles. The van der Waals surface area contributed by atoms with Gasteiger partial charge in [0.15, 0.2) is 11.1 Å². The van der Waals surface area contributed by atoms with Crippen molar-refractivity contribution in [1.82, 2.24) is 4.90 Å². The number of nitrogens with zero attached hydrogens (tertiary/aromatic N) is 4. The number of rotatable bonds is 4. The van der Waals surface area contributed by atoms with E-state index < -0.39 is 39.6 Å². The molecule has 2 unspecified atom stereocenters. The number of anilines is 1. The monoisotopic (exact) mass is 514 g/mol. The normalized spacial score (nSPS) is 20.4. The van der Waals surface area contributed by atoms with Crippen LogP contribution in [0.3, 0.4) is 0 Å². The average Bonchev–Trinajstić information content (AvgIpc) is 2.80. The van der Waals surface area contributed by atoms with Crippen molar-refractivity contribution in [2.45, 2.75) is 43.2 Å². The summed E-state index contributed by atoms with van der Waals surface area (Å²) in [6, 6.07) is 11.3. The largest absolute Gasteiger partial charge is 0.416 e. The van der Waals surface area contributed by atoms with Gasteiger partial charge in [0.25, 0.3) is 0 Å². The van der Waals surface area contributed by atoms with Crippen molar-refractivity contribution in [2.24, 2.45) is 0 Å². The number of hydrogen-bond acceptors (Lipinski definition) is 4. The van der Waals surface area contributed by atoms with Gasteiger partial charge in [-0.25, -0.2) is 9.00 Å². The third kappa shape index (κ3) is 3.94. The van der Waals surface area contributed by atoms with Gasteiger partial charge in [-0.3, -0.25) is 4.90 Å². The molecule has 1 aliphatic carbocycles. The second-order valence-electron chi connectivity index (χ2n) is 8.80. The Bertz CT molecular complexity index is 1390. The van der Waals surface area contributed by atoms with Crippen LogP contribution in [0.15, 0.2) is 53.7 Å². The molecule has 1 fully saturated rings. The highest BCUT2D eigenvalue weighted by Gasteiger charge is 2.48. The zero-order valence-electron chi connectivity index (χ0n) is 19.3. The van der Waals surface area contributed by atoms with Gasteiger partial charge >= 0.3 is 12.2 Å². The number of nitriles is 2. The van der Waals surface area contributed by atoms with Crippen LogP contribution in [-0.4, -0.2) is 26.7 Å². The summed E-state index contributed by atoms with van der Waals surface area (Å²) in [6.07, 6.45) is -3.13. The van der Waals surface area contributed by atoms with Gasteiger partial charge in [0, 0.05) is 12.7 Å². The van der Waals surface area contributed by atoms with Crippen LogP contribution in [0.1, 0.15) is 54.5 Å². The predicted octanol–water partition coefficient (Wildman–Crippen LogP) is 5.59. The van der Waals surface area contributed by atoms with Crippen molar-refractivity contribution in [3.8, 4) is 12.1 Å². The van der Waals surface area contributed by atoms with Crippen LogP contribution in [0.5, 0.6) is 0 Å². The Balaban J connectivity index is 1.91. The zero-order chi connectivity index (χ0) is 26.4. The molecular weight excluding hydrogens is 493 g/mol. The molecule has 2 aliphatic rings. The van der Waals surface area contributed by atoms with Crippen LogP contribution in [0.4, 0.5) is 23.7 Å². The molecule has 36 heavy (non-hydrogen) atoms. The second-order valence-corrected chi connectivity index (χ2v) is 10.1. The molecule has 4 rings (SSSR count). The number of allylic oxidation sites excluding steroid dienone is 1. The predicted molar refractivity (Wildman–Crippen MR) is 126 cm³/mol. The Kier molecular flexibility index (Phi) is 6.41. The lowest BCUT2D eigenvalue weighted by molar-refractivity contribution is -0.137. The first-order valence-corrected chi connectivity index (χ1v) is 12.1. The van der Waals surface area contributed by atoms with E-state index in [0.29, 0.717) is 30.4 Å². The van der Waals surface area contributed by atoms with Crippen LogP contribution in [0.25, 0.3) is 0 Å². The molecule has 2 aromatic carbocycles. The quantitative estimate of drug-likeness (QED) is 0.535. The summed E-state index contributed by atoms with van der Waals surface area (Å²) in [5.74, 6) is 0. The number of carbonyl (C=O) groups is 1. The van der Waals surface area contributed by atoms with Gasteiger partial charge in [-0.05, 0) is 67.6 Å². The van der Waals surface area contributed by atoms with Crippen LogP contribution in [0.2, 0.25) is 0 Å². The highest BCUT2D eigenvalue weighted by molar-refractivity contribution is 7.80. The first kappa shape index (κ1) is 25.4. The molecule has 2 amide bonds. The smallest absolute Gasteiger partial charge is 0.315 e. The van der Waals surface area contributed by atoms with E-state index in [-0.39, 0.29) is 22.5 Å². The van der Waals surface area contributed by atoms with Crippen molar-refractivity contribution >= 4 is 22.8 Å². The number of hydrogen-bond donors (Lipinski definition) is 1. The highest BCUT2D eigenvalue weighted by Crippen LogP contribution is 2.50. The molecule has 1 saturated carbocycles. The molecule has 2 atom stereocenters. The maximum Gasteiger partial charge on any atom is 0.416 e. The highest BCUT2D eigenvalue weighted by atomic mass is 32.2. The lowest BCUT2D eigenvalue weighted by Gasteiger charge is -2.44. The molecule has 0 spiro atoms. The summed E-state index contributed by atoms with van der Waals surface area (Å²) in [6.45, 7) is 1.48. The van der Waals surface area contributed by atoms with Crippen molar-refractivity contribution < 1.29 is 26.7 Å². The Morgan fingerprint density at radius 1 is 1.14 bits per heavy atom. The standard InChI is InChI=1S/C25H21F3N4O3S/c1-15-20(14-30)22(19-8-7-16(13-29)11-21(19)24(36(34)35)9-4-10-24)31(2)23(33)32(15)18-6-3-5-17(12-18)25(26,27)28/h3,5-8,11-12,22H,4,9-10H2,1-2H3,(H,34,35). The van der Waals surface area contributed by atoms with Crippen molar-refractivity contribution in [3.63, 3.8) is 0 Å². The summed E-state index contributed by atoms with van der Waals surface area (Å²) < 4.78 is 61.4. The van der Waals surface area contributed by atoms with Gasteiger partial charge in [-0.2, -0.15) is 23.7 Å². The van der Waals surface area contributed by atoms with Crippen LogP contribution in [0, 0.1) is 22.7 Å². The van der Waals surface area contributed by atoms with Gasteiger partial charge in [0.1, 0.15) is 0 Å². The molecule has 1 N–H and O–H groups in total. The van der Waals surface area contributed by atoms with Crippen molar-refractivity contribution in [2.75, 3.05) is 11.9 Å². The lowest BCUT2D eigenvalue weighted by atomic mass is 9.74. The van der Waals surface area contributed by atoms with Gasteiger partial charge in [0.05, 0.1) is 45.3 Å². The van der Waals surface area contributed by atoms with Crippen LogP contribution in [-0.2, 0) is 22.0 Å². The molecule has 11 heteroatoms. The van der Waals surface area contributed by atoms with E-state index in [4.69, 9.17) is 0 Å². The minimum atomic E-state index is -4.62. The Morgan fingerprint density at radius 2 is 1.83 bits per heavy atom. The van der Waals surface area contributed by atoms with E-state index in [2.05, 4.69) is 6.07 Å². The first-order chi connectivity index (χ1) is 17.0. The Morgan fingerprint density at radius 3 is 2.36 bits per heavy atom. The number of urea groups is 1. The van der Waals surface area contributed by atoms with Gasteiger partial charge in [-0.1, -0.05) is 12.1 Å². The number of halogens is 3. The summed E-state index contributed by atoms with van der Waals surface area (Å²) in [7, 11) is 1.42.